The lowest BCUT2D eigenvalue weighted by Crippen LogP contribution is -2.22. The predicted octanol–water partition coefficient (Wildman–Crippen LogP) is 2.14. The summed E-state index contributed by atoms with van der Waals surface area (Å²) < 4.78 is 5.10. The zero-order valence-electron chi connectivity index (χ0n) is 16.4. The Bertz CT molecular complexity index is 1140. The summed E-state index contributed by atoms with van der Waals surface area (Å²) in [5, 5.41) is 13.5. The van der Waals surface area contributed by atoms with Gasteiger partial charge in [-0.15, -0.1) is 5.10 Å². The maximum atomic E-state index is 12.6. The number of nitrogens with two attached hydrogens (primary N) is 2. The standard InChI is InChI=1S/C20H21N7O3/c1-11(26-27-19(21)22)12-3-5-14(6-4-12)24-18(28)17-10-13-9-15(30-20(29)23-2)7-8-16(13)25-17/h3-10,25H,1-2H3,(H,23,29)(H,24,28)(H4,21,22,27)/b26-11+. The Morgan fingerprint density at radius 1 is 1.03 bits per heavy atom. The van der Waals surface area contributed by atoms with E-state index in [1.54, 1.807) is 55.5 Å². The van der Waals surface area contributed by atoms with Crippen LogP contribution in [0.5, 0.6) is 5.75 Å². The number of amides is 2. The van der Waals surface area contributed by atoms with Crippen LogP contribution in [0.15, 0.2) is 58.7 Å². The fourth-order valence-corrected chi connectivity index (χ4v) is 2.64. The highest BCUT2D eigenvalue weighted by Gasteiger charge is 2.11. The van der Waals surface area contributed by atoms with Gasteiger partial charge in [-0.25, -0.2) is 4.79 Å². The third kappa shape index (κ3) is 4.93. The van der Waals surface area contributed by atoms with Gasteiger partial charge in [-0.2, -0.15) is 5.10 Å². The summed E-state index contributed by atoms with van der Waals surface area (Å²) in [4.78, 5) is 27.0. The van der Waals surface area contributed by atoms with Crippen molar-refractivity contribution in [2.45, 2.75) is 6.92 Å². The fraction of sp³-hybridized carbons (Fsp3) is 0.100. The highest BCUT2D eigenvalue weighted by Crippen LogP contribution is 2.22. The number of aromatic nitrogens is 1. The molecule has 0 spiro atoms. The van der Waals surface area contributed by atoms with Gasteiger partial charge in [-0.05, 0) is 48.9 Å². The summed E-state index contributed by atoms with van der Waals surface area (Å²) in [6.07, 6.45) is -0.565. The molecule has 0 fully saturated rings. The molecule has 0 aliphatic rings. The van der Waals surface area contributed by atoms with Gasteiger partial charge in [-0.3, -0.25) is 4.79 Å². The molecule has 2 aromatic carbocycles. The zero-order valence-corrected chi connectivity index (χ0v) is 16.4. The average Bonchev–Trinajstić information content (AvgIpc) is 3.16. The van der Waals surface area contributed by atoms with Gasteiger partial charge < -0.3 is 31.8 Å². The molecule has 0 aliphatic heterocycles. The van der Waals surface area contributed by atoms with Crippen LogP contribution in [0.3, 0.4) is 0 Å². The Morgan fingerprint density at radius 2 is 1.77 bits per heavy atom. The van der Waals surface area contributed by atoms with E-state index in [4.69, 9.17) is 16.2 Å². The molecule has 30 heavy (non-hydrogen) atoms. The van der Waals surface area contributed by atoms with Gasteiger partial charge in [0.1, 0.15) is 11.4 Å². The second kappa shape index (κ2) is 8.78. The number of aromatic amines is 1. The van der Waals surface area contributed by atoms with Crippen molar-refractivity contribution in [2.24, 2.45) is 21.7 Å². The lowest BCUT2D eigenvalue weighted by atomic mass is 10.1. The van der Waals surface area contributed by atoms with Crippen molar-refractivity contribution in [3.63, 3.8) is 0 Å². The first-order valence-corrected chi connectivity index (χ1v) is 8.93. The van der Waals surface area contributed by atoms with Crippen molar-refractivity contribution in [2.75, 3.05) is 12.4 Å². The van der Waals surface area contributed by atoms with E-state index in [0.717, 1.165) is 16.5 Å². The van der Waals surface area contributed by atoms with Crippen LogP contribution in [-0.4, -0.2) is 35.7 Å². The number of hydrogen-bond acceptors (Lipinski definition) is 5. The molecule has 0 aliphatic carbocycles. The molecular formula is C20H21N7O3. The van der Waals surface area contributed by atoms with Gasteiger partial charge >= 0.3 is 6.09 Å². The molecule has 1 heterocycles. The number of anilines is 1. The van der Waals surface area contributed by atoms with Crippen LogP contribution in [0.4, 0.5) is 10.5 Å². The first kappa shape index (κ1) is 20.4. The van der Waals surface area contributed by atoms with E-state index in [1.165, 1.54) is 7.05 Å². The van der Waals surface area contributed by atoms with E-state index in [1.807, 2.05) is 0 Å². The minimum absolute atomic E-state index is 0.121. The number of ether oxygens (including phenoxy) is 1. The number of benzene rings is 2. The molecule has 0 radical (unpaired) electrons. The van der Waals surface area contributed by atoms with Gasteiger partial charge in [0.2, 0.25) is 5.96 Å². The van der Waals surface area contributed by atoms with Crippen molar-refractivity contribution in [1.82, 2.24) is 10.3 Å². The highest BCUT2D eigenvalue weighted by atomic mass is 16.5. The number of fused-ring (bicyclic) bond motifs is 1. The largest absolute Gasteiger partial charge is 0.412 e. The fourth-order valence-electron chi connectivity index (χ4n) is 2.64. The van der Waals surface area contributed by atoms with Crippen LogP contribution in [0.1, 0.15) is 23.0 Å². The molecule has 0 atom stereocenters. The number of carbonyl (C=O) groups excluding carboxylic acids is 2. The molecule has 154 valence electrons. The molecule has 0 bridgehead atoms. The smallest absolute Gasteiger partial charge is 0.410 e. The van der Waals surface area contributed by atoms with Crippen molar-refractivity contribution in [3.8, 4) is 5.75 Å². The number of H-pyrrole nitrogens is 1. The lowest BCUT2D eigenvalue weighted by Gasteiger charge is -2.05. The highest BCUT2D eigenvalue weighted by molar-refractivity contribution is 6.06. The molecule has 3 aromatic rings. The topological polar surface area (TPSA) is 160 Å². The molecule has 3 rings (SSSR count). The maximum absolute atomic E-state index is 12.6. The molecular weight excluding hydrogens is 386 g/mol. The van der Waals surface area contributed by atoms with Gasteiger partial charge in [0.25, 0.3) is 5.91 Å². The van der Waals surface area contributed by atoms with Gasteiger partial charge in [0.05, 0.1) is 5.71 Å². The van der Waals surface area contributed by atoms with Crippen molar-refractivity contribution in [1.29, 1.82) is 0 Å². The summed E-state index contributed by atoms with van der Waals surface area (Å²) in [6.45, 7) is 1.77. The minimum Gasteiger partial charge on any atom is -0.410 e. The molecule has 0 saturated carbocycles. The second-order valence-electron chi connectivity index (χ2n) is 6.31. The normalized spacial score (nSPS) is 11.1. The monoisotopic (exact) mass is 407 g/mol. The molecule has 0 saturated heterocycles. The van der Waals surface area contributed by atoms with E-state index in [2.05, 4.69) is 25.8 Å². The van der Waals surface area contributed by atoms with Gasteiger partial charge in [-0.1, -0.05) is 12.1 Å². The molecule has 2 amide bonds. The number of guanidine groups is 1. The zero-order chi connectivity index (χ0) is 21.7. The summed E-state index contributed by atoms with van der Waals surface area (Å²) in [7, 11) is 1.48. The summed E-state index contributed by atoms with van der Waals surface area (Å²) in [5.41, 5.74) is 13.7. The van der Waals surface area contributed by atoms with Crippen LogP contribution < -0.4 is 26.8 Å². The third-order valence-corrected chi connectivity index (χ3v) is 4.13. The van der Waals surface area contributed by atoms with E-state index < -0.39 is 6.09 Å². The van der Waals surface area contributed by atoms with Gasteiger partial charge in [0.15, 0.2) is 0 Å². The average molecular weight is 407 g/mol. The quantitative estimate of drug-likeness (QED) is 0.248. The first-order valence-electron chi connectivity index (χ1n) is 8.93. The maximum Gasteiger partial charge on any atom is 0.412 e. The minimum atomic E-state index is -0.565. The third-order valence-electron chi connectivity index (χ3n) is 4.13. The van der Waals surface area contributed by atoms with Crippen molar-refractivity contribution < 1.29 is 14.3 Å². The van der Waals surface area contributed by atoms with Gasteiger partial charge in [0, 0.05) is 23.6 Å². The number of carbonyl (C=O) groups is 2. The molecule has 10 nitrogen and oxygen atoms in total. The number of nitrogens with zero attached hydrogens (tertiary/aromatic N) is 2. The molecule has 10 heteroatoms. The van der Waals surface area contributed by atoms with E-state index in [0.29, 0.717) is 22.8 Å². The predicted molar refractivity (Wildman–Crippen MR) is 116 cm³/mol. The molecule has 7 N–H and O–H groups in total. The second-order valence-corrected chi connectivity index (χ2v) is 6.31. The first-order chi connectivity index (χ1) is 14.4. The van der Waals surface area contributed by atoms with Crippen LogP contribution in [0.2, 0.25) is 0 Å². The summed E-state index contributed by atoms with van der Waals surface area (Å²) in [6, 6.07) is 13.8. The summed E-state index contributed by atoms with van der Waals surface area (Å²) in [5.74, 6) is -0.0522. The van der Waals surface area contributed by atoms with Crippen LogP contribution in [0.25, 0.3) is 10.9 Å². The van der Waals surface area contributed by atoms with Crippen molar-refractivity contribution >= 4 is 40.3 Å². The van der Waals surface area contributed by atoms with Crippen LogP contribution in [0, 0.1) is 0 Å². The number of rotatable bonds is 5. The van der Waals surface area contributed by atoms with E-state index in [-0.39, 0.29) is 11.9 Å². The van der Waals surface area contributed by atoms with E-state index in [9.17, 15) is 9.59 Å². The van der Waals surface area contributed by atoms with Crippen LogP contribution in [-0.2, 0) is 0 Å². The van der Waals surface area contributed by atoms with Crippen molar-refractivity contribution in [3.05, 3.63) is 59.8 Å². The number of hydrogen-bond donors (Lipinski definition) is 5. The Labute approximate surface area is 172 Å². The number of nitrogens with one attached hydrogen (secondary N) is 3. The Hall–Kier alpha value is -4.34. The molecule has 1 aromatic heterocycles. The molecule has 0 unspecified atom stereocenters. The Kier molecular flexibility index (Phi) is 5.97. The lowest BCUT2D eigenvalue weighted by molar-refractivity contribution is 0.102. The Morgan fingerprint density at radius 3 is 2.43 bits per heavy atom. The SMILES string of the molecule is CNC(=O)Oc1ccc2[nH]c(C(=O)Nc3ccc(/C(C)=N/N=C(N)N)cc3)cc2c1. The van der Waals surface area contributed by atoms with E-state index >= 15 is 0 Å². The summed E-state index contributed by atoms with van der Waals surface area (Å²) >= 11 is 0. The van der Waals surface area contributed by atoms with Crippen LogP contribution >= 0.6 is 0 Å². The Balaban J connectivity index is 1.72.